The van der Waals surface area contributed by atoms with Gasteiger partial charge in [0.05, 0.1) is 0 Å². The normalized spacial score (nSPS) is 8.73. The van der Waals surface area contributed by atoms with E-state index in [4.69, 9.17) is 5.84 Å². The molecule has 0 aliphatic rings. The lowest BCUT2D eigenvalue weighted by atomic mass is 10.1. The zero-order valence-corrected chi connectivity index (χ0v) is 10.5. The number of nitrogens with one attached hydrogen (secondary N) is 1. The van der Waals surface area contributed by atoms with E-state index in [-0.39, 0.29) is 0 Å². The molecule has 0 saturated heterocycles. The number of anilines is 1. The lowest BCUT2D eigenvalue weighted by Gasteiger charge is -2.05. The number of aromatic nitrogens is 1. The third-order valence-electron chi connectivity index (χ3n) is 1.83. The van der Waals surface area contributed by atoms with Crippen LogP contribution in [0.2, 0.25) is 0 Å². The Balaban J connectivity index is 0.000000583. The van der Waals surface area contributed by atoms with Crippen LogP contribution >= 0.6 is 24.8 Å². The highest BCUT2D eigenvalue weighted by molar-refractivity contribution is 8.08. The van der Waals surface area contributed by atoms with E-state index < -0.39 is 0 Å². The van der Waals surface area contributed by atoms with Gasteiger partial charge in [0.1, 0.15) is 5.82 Å². The number of nitrogen functional groups attached to an aromatic ring is 1. The van der Waals surface area contributed by atoms with Crippen molar-refractivity contribution in [2.45, 2.75) is 26.2 Å². The molecular weight excluding hydrogens is 226 g/mol. The van der Waals surface area contributed by atoms with Crippen molar-refractivity contribution in [2.24, 2.45) is 5.84 Å². The first kappa shape index (κ1) is 14.3. The average molecular weight is 243 g/mol. The van der Waals surface area contributed by atoms with Gasteiger partial charge >= 0.3 is 0 Å². The molecule has 1 aromatic rings. The summed E-state index contributed by atoms with van der Waals surface area (Å²) in [7, 11) is 0. The summed E-state index contributed by atoms with van der Waals surface area (Å²) in [4.78, 5) is 4.11. The fraction of sp³-hybridized carbons (Fsp3) is 0.400. The molecule has 84 valence electrons. The van der Waals surface area contributed by atoms with Crippen LogP contribution in [0.3, 0.4) is 0 Å². The molecule has 0 radical (unpaired) electrons. The van der Waals surface area contributed by atoms with Gasteiger partial charge in [-0.3, -0.25) is 0 Å². The van der Waals surface area contributed by atoms with E-state index in [0.717, 1.165) is 12.2 Å². The van der Waals surface area contributed by atoms with Crippen LogP contribution in [-0.4, -0.2) is 9.68 Å². The van der Waals surface area contributed by atoms with Crippen LogP contribution in [0.25, 0.3) is 0 Å². The van der Waals surface area contributed by atoms with Crippen LogP contribution in [0.5, 0.6) is 0 Å². The van der Waals surface area contributed by atoms with Crippen molar-refractivity contribution in [3.05, 3.63) is 23.9 Å². The first-order valence-corrected chi connectivity index (χ1v) is 5.77. The van der Waals surface area contributed by atoms with Gasteiger partial charge in [-0.25, -0.2) is 10.8 Å². The Morgan fingerprint density at radius 1 is 1.67 bits per heavy atom. The molecule has 1 aromatic heterocycles. The number of hydrogen-bond acceptors (Lipinski definition) is 4. The molecule has 1 heterocycles. The summed E-state index contributed by atoms with van der Waals surface area (Å²) in [6.07, 6.45) is 5.16. The molecule has 1 rings (SSSR count). The van der Waals surface area contributed by atoms with Gasteiger partial charge in [0, 0.05) is 10.9 Å². The van der Waals surface area contributed by atoms with Crippen molar-refractivity contribution >= 4 is 35.4 Å². The standard InChI is InChI=1S/C9H15N3.CH2S2/c1-2-3-5-8-6-4-7-11-9(8)12-10;2-1-3/h4,6-7H,2-3,5,10H2,1H3,(H,11,12);1H,(H,2,3). The van der Waals surface area contributed by atoms with Gasteiger partial charge in [-0.1, -0.05) is 31.6 Å². The molecule has 0 atom stereocenters. The van der Waals surface area contributed by atoms with Crippen LogP contribution in [-0.2, 0) is 6.42 Å². The van der Waals surface area contributed by atoms with E-state index in [1.54, 1.807) is 6.20 Å². The molecular formula is C10H17N3S2. The summed E-state index contributed by atoms with van der Waals surface area (Å²) in [6.45, 7) is 2.17. The Morgan fingerprint density at radius 3 is 2.87 bits per heavy atom. The molecule has 0 fully saturated rings. The quantitative estimate of drug-likeness (QED) is 0.329. The number of rotatable bonds is 4. The Morgan fingerprint density at radius 2 is 2.33 bits per heavy atom. The zero-order valence-electron chi connectivity index (χ0n) is 8.81. The maximum Gasteiger partial charge on any atom is 0.143 e. The lowest BCUT2D eigenvalue weighted by Crippen LogP contribution is -2.10. The van der Waals surface area contributed by atoms with Crippen molar-refractivity contribution < 1.29 is 0 Å². The summed E-state index contributed by atoms with van der Waals surface area (Å²) in [5.41, 5.74) is 3.79. The van der Waals surface area contributed by atoms with Crippen molar-refractivity contribution in [2.75, 3.05) is 5.43 Å². The fourth-order valence-electron chi connectivity index (χ4n) is 1.14. The summed E-state index contributed by atoms with van der Waals surface area (Å²) < 4.78 is 1.28. The first-order chi connectivity index (χ1) is 7.29. The monoisotopic (exact) mass is 243 g/mol. The maximum atomic E-state index is 5.31. The average Bonchev–Trinajstić information content (AvgIpc) is 2.28. The van der Waals surface area contributed by atoms with Gasteiger partial charge in [0.2, 0.25) is 0 Å². The third-order valence-corrected chi connectivity index (χ3v) is 1.83. The molecule has 0 aliphatic carbocycles. The second-order valence-electron chi connectivity index (χ2n) is 2.86. The van der Waals surface area contributed by atoms with Crippen molar-refractivity contribution in [1.29, 1.82) is 0 Å². The van der Waals surface area contributed by atoms with Gasteiger partial charge in [0.25, 0.3) is 0 Å². The number of pyridine rings is 1. The van der Waals surface area contributed by atoms with E-state index in [1.807, 2.05) is 6.07 Å². The predicted octanol–water partition coefficient (Wildman–Crippen LogP) is 2.58. The predicted molar refractivity (Wildman–Crippen MR) is 73.3 cm³/mol. The second kappa shape index (κ2) is 9.89. The van der Waals surface area contributed by atoms with Gasteiger partial charge in [-0.05, 0) is 24.5 Å². The largest absolute Gasteiger partial charge is 0.308 e. The number of thiocarbonyl (C=S) groups is 1. The SMILES string of the molecule is CCCCc1cccnc1NN.S=CS. The number of aryl methyl sites for hydroxylation is 1. The summed E-state index contributed by atoms with van der Waals surface area (Å²) >= 11 is 7.61. The molecule has 0 aliphatic heterocycles. The summed E-state index contributed by atoms with van der Waals surface area (Å²) in [6, 6.07) is 3.99. The second-order valence-corrected chi connectivity index (χ2v) is 3.71. The minimum atomic E-state index is 0.797. The highest BCUT2D eigenvalue weighted by Gasteiger charge is 1.99. The molecule has 3 nitrogen and oxygen atoms in total. The molecule has 0 saturated carbocycles. The third kappa shape index (κ3) is 6.43. The van der Waals surface area contributed by atoms with Gasteiger partial charge in [0.15, 0.2) is 0 Å². The summed E-state index contributed by atoms with van der Waals surface area (Å²) in [5.74, 6) is 6.11. The molecule has 0 amide bonds. The highest BCUT2D eigenvalue weighted by atomic mass is 32.1. The summed E-state index contributed by atoms with van der Waals surface area (Å²) in [5, 5.41) is 0. The van der Waals surface area contributed by atoms with Gasteiger partial charge in [-0.2, -0.15) is 0 Å². The number of unbranched alkanes of at least 4 members (excludes halogenated alkanes) is 1. The van der Waals surface area contributed by atoms with Crippen LogP contribution in [0, 0.1) is 0 Å². The topological polar surface area (TPSA) is 50.9 Å². The number of hydrazine groups is 1. The molecule has 0 bridgehead atoms. The molecule has 3 N–H and O–H groups in total. The minimum Gasteiger partial charge on any atom is -0.308 e. The number of thiol groups is 1. The van der Waals surface area contributed by atoms with Crippen LogP contribution in [0.4, 0.5) is 5.82 Å². The number of nitrogens with two attached hydrogens (primary N) is 1. The molecule has 15 heavy (non-hydrogen) atoms. The van der Waals surface area contributed by atoms with Crippen molar-refractivity contribution in [3.63, 3.8) is 0 Å². The molecule has 5 heteroatoms. The van der Waals surface area contributed by atoms with Crippen LogP contribution < -0.4 is 11.3 Å². The minimum absolute atomic E-state index is 0.797. The van der Waals surface area contributed by atoms with Crippen molar-refractivity contribution in [1.82, 2.24) is 4.98 Å². The molecule has 0 unspecified atom stereocenters. The smallest absolute Gasteiger partial charge is 0.143 e. The molecule has 0 aromatic carbocycles. The van der Waals surface area contributed by atoms with Gasteiger partial charge < -0.3 is 5.43 Å². The number of hydrogen-bond donors (Lipinski definition) is 3. The Labute approximate surface area is 102 Å². The maximum absolute atomic E-state index is 5.31. The van der Waals surface area contributed by atoms with E-state index in [0.29, 0.717) is 0 Å². The Hall–Kier alpha value is -0.650. The fourth-order valence-corrected chi connectivity index (χ4v) is 1.14. The number of nitrogens with zero attached hydrogens (tertiary/aromatic N) is 1. The highest BCUT2D eigenvalue weighted by Crippen LogP contribution is 2.12. The molecule has 0 spiro atoms. The first-order valence-electron chi connectivity index (χ1n) is 4.78. The Bertz CT molecular complexity index is 279. The van der Waals surface area contributed by atoms with E-state index >= 15 is 0 Å². The van der Waals surface area contributed by atoms with E-state index in [1.165, 1.54) is 23.1 Å². The lowest BCUT2D eigenvalue weighted by molar-refractivity contribution is 0.793. The van der Waals surface area contributed by atoms with E-state index in [2.05, 4.69) is 48.2 Å². The zero-order chi connectivity index (χ0) is 11.5. The Kier molecular flexibility index (Phi) is 9.46. The van der Waals surface area contributed by atoms with E-state index in [9.17, 15) is 0 Å². The van der Waals surface area contributed by atoms with Crippen LogP contribution in [0.1, 0.15) is 25.3 Å². The van der Waals surface area contributed by atoms with Crippen molar-refractivity contribution in [3.8, 4) is 0 Å². The van der Waals surface area contributed by atoms with Crippen LogP contribution in [0.15, 0.2) is 18.3 Å². The van der Waals surface area contributed by atoms with Gasteiger partial charge in [-0.15, -0.1) is 12.6 Å².